The van der Waals surface area contributed by atoms with Gasteiger partial charge in [0.25, 0.3) is 0 Å². The Labute approximate surface area is 80.0 Å². The number of carbonyl (C=O) groups excluding carboxylic acids is 1. The van der Waals surface area contributed by atoms with Gasteiger partial charge in [-0.1, -0.05) is 12.1 Å². The molecule has 0 unspecified atom stereocenters. The van der Waals surface area contributed by atoms with Crippen LogP contribution in [0.15, 0.2) is 33.5 Å². The summed E-state index contributed by atoms with van der Waals surface area (Å²) in [6.45, 7) is 1.59. The minimum Gasteiger partial charge on any atom is -0.453 e. The lowest BCUT2D eigenvalue weighted by molar-refractivity contribution is 0.110. The third-order valence-electron chi connectivity index (χ3n) is 2.17. The van der Waals surface area contributed by atoms with Gasteiger partial charge >= 0.3 is 0 Å². The van der Waals surface area contributed by atoms with E-state index in [4.69, 9.17) is 4.42 Å². The van der Waals surface area contributed by atoms with Gasteiger partial charge in [-0.25, -0.2) is 0 Å². The molecule has 0 aliphatic carbocycles. The average molecular weight is 188 g/mol. The van der Waals surface area contributed by atoms with Crippen LogP contribution >= 0.6 is 0 Å². The molecule has 0 atom stereocenters. The Bertz CT molecular complexity index is 552. The number of hydrogen-bond acceptors (Lipinski definition) is 3. The summed E-state index contributed by atoms with van der Waals surface area (Å²) in [5.74, 6) is 0.105. The number of benzene rings is 1. The van der Waals surface area contributed by atoms with Gasteiger partial charge in [-0.3, -0.25) is 9.59 Å². The van der Waals surface area contributed by atoms with Crippen molar-refractivity contribution in [3.8, 4) is 0 Å². The van der Waals surface area contributed by atoms with E-state index in [9.17, 15) is 9.59 Å². The van der Waals surface area contributed by atoms with E-state index in [1.165, 1.54) is 0 Å². The maximum Gasteiger partial charge on any atom is 0.196 e. The van der Waals surface area contributed by atoms with Crippen LogP contribution in [-0.4, -0.2) is 6.29 Å². The van der Waals surface area contributed by atoms with Crippen LogP contribution < -0.4 is 5.43 Å². The molecule has 1 aromatic heterocycles. The Morgan fingerprint density at radius 2 is 2.00 bits per heavy atom. The van der Waals surface area contributed by atoms with Crippen LogP contribution in [0.5, 0.6) is 0 Å². The van der Waals surface area contributed by atoms with Gasteiger partial charge in [-0.2, -0.15) is 0 Å². The van der Waals surface area contributed by atoms with Gasteiger partial charge in [0.2, 0.25) is 0 Å². The van der Waals surface area contributed by atoms with Crippen molar-refractivity contribution in [2.45, 2.75) is 6.92 Å². The molecule has 0 bridgehead atoms. The van der Waals surface area contributed by atoms with Crippen LogP contribution in [0.1, 0.15) is 16.1 Å². The van der Waals surface area contributed by atoms with Crippen molar-refractivity contribution in [2.24, 2.45) is 0 Å². The van der Waals surface area contributed by atoms with Gasteiger partial charge < -0.3 is 4.42 Å². The van der Waals surface area contributed by atoms with Gasteiger partial charge in [-0.05, 0) is 19.1 Å². The van der Waals surface area contributed by atoms with E-state index in [1.807, 2.05) is 0 Å². The Hall–Kier alpha value is -1.90. The Morgan fingerprint density at radius 1 is 1.29 bits per heavy atom. The molecule has 2 rings (SSSR count). The molecule has 2 aromatic rings. The number of para-hydroxylation sites is 1. The highest BCUT2D eigenvalue weighted by molar-refractivity contribution is 5.82. The summed E-state index contributed by atoms with van der Waals surface area (Å²) in [6, 6.07) is 6.88. The van der Waals surface area contributed by atoms with Crippen LogP contribution in [0.4, 0.5) is 0 Å². The molecule has 0 fully saturated rings. The van der Waals surface area contributed by atoms with E-state index in [2.05, 4.69) is 0 Å². The maximum atomic E-state index is 11.7. The zero-order valence-electron chi connectivity index (χ0n) is 7.61. The number of rotatable bonds is 1. The molecule has 1 heterocycles. The molecule has 0 aliphatic rings. The second-order valence-corrected chi connectivity index (χ2v) is 3.03. The molecule has 0 N–H and O–H groups in total. The van der Waals surface area contributed by atoms with Gasteiger partial charge in [0, 0.05) is 5.56 Å². The van der Waals surface area contributed by atoms with E-state index in [0.29, 0.717) is 22.8 Å². The molecule has 14 heavy (non-hydrogen) atoms. The summed E-state index contributed by atoms with van der Waals surface area (Å²) >= 11 is 0. The monoisotopic (exact) mass is 188 g/mol. The predicted octanol–water partition coefficient (Wildman–Crippen LogP) is 1.91. The summed E-state index contributed by atoms with van der Waals surface area (Å²) in [5, 5.41) is 0.510. The first kappa shape index (κ1) is 8.69. The van der Waals surface area contributed by atoms with Crippen molar-refractivity contribution in [3.63, 3.8) is 0 Å². The highest BCUT2D eigenvalue weighted by Crippen LogP contribution is 2.13. The Balaban J connectivity index is 2.99. The quantitative estimate of drug-likeness (QED) is 0.642. The van der Waals surface area contributed by atoms with Crippen LogP contribution in [0.25, 0.3) is 11.0 Å². The first-order chi connectivity index (χ1) is 6.74. The van der Waals surface area contributed by atoms with Crippen molar-refractivity contribution < 1.29 is 9.21 Å². The number of hydrogen-bond donors (Lipinski definition) is 0. The van der Waals surface area contributed by atoms with Crippen molar-refractivity contribution in [2.75, 3.05) is 0 Å². The van der Waals surface area contributed by atoms with Gasteiger partial charge in [0.1, 0.15) is 5.58 Å². The van der Waals surface area contributed by atoms with E-state index in [0.717, 1.165) is 0 Å². The second kappa shape index (κ2) is 3.10. The maximum absolute atomic E-state index is 11.7. The molecule has 0 aliphatic heterocycles. The molecule has 1 aromatic carbocycles. The van der Waals surface area contributed by atoms with Crippen molar-refractivity contribution in [1.29, 1.82) is 0 Å². The largest absolute Gasteiger partial charge is 0.453 e. The minimum atomic E-state index is -0.144. The standard InChI is InChI=1S/C11H8O3/c1-7-10(6-12)14-9-5-3-2-4-8(9)11(7)13/h2-6H,1H3. The van der Waals surface area contributed by atoms with Crippen molar-refractivity contribution >= 4 is 17.3 Å². The smallest absolute Gasteiger partial charge is 0.196 e. The molecule has 3 heteroatoms. The molecule has 0 radical (unpaired) electrons. The normalized spacial score (nSPS) is 10.4. The van der Waals surface area contributed by atoms with Crippen molar-refractivity contribution in [3.05, 3.63) is 45.8 Å². The first-order valence-corrected chi connectivity index (χ1v) is 4.21. The van der Waals surface area contributed by atoms with Gasteiger partial charge in [0.05, 0.1) is 5.39 Å². The predicted molar refractivity (Wildman–Crippen MR) is 52.6 cm³/mol. The summed E-state index contributed by atoms with van der Waals surface area (Å²) in [7, 11) is 0. The van der Waals surface area contributed by atoms with Crippen LogP contribution in [0.3, 0.4) is 0 Å². The van der Waals surface area contributed by atoms with E-state index < -0.39 is 0 Å². The van der Waals surface area contributed by atoms with E-state index >= 15 is 0 Å². The summed E-state index contributed by atoms with van der Waals surface area (Å²) in [5.41, 5.74) is 0.665. The summed E-state index contributed by atoms with van der Waals surface area (Å²) < 4.78 is 5.25. The number of fused-ring (bicyclic) bond motifs is 1. The van der Waals surface area contributed by atoms with Gasteiger partial charge in [-0.15, -0.1) is 0 Å². The molecule has 0 amide bonds. The third kappa shape index (κ3) is 1.14. The molecule has 0 saturated heterocycles. The molecule has 0 spiro atoms. The fourth-order valence-electron chi connectivity index (χ4n) is 1.36. The van der Waals surface area contributed by atoms with E-state index in [1.54, 1.807) is 31.2 Å². The lowest BCUT2D eigenvalue weighted by Gasteiger charge is -2.00. The zero-order valence-corrected chi connectivity index (χ0v) is 7.61. The Kier molecular flexibility index (Phi) is 1.93. The number of aldehydes is 1. The SMILES string of the molecule is Cc1c(C=O)oc2ccccc2c1=O. The fraction of sp³-hybridized carbons (Fsp3) is 0.0909. The molecule has 0 saturated carbocycles. The van der Waals surface area contributed by atoms with E-state index in [-0.39, 0.29) is 11.2 Å². The highest BCUT2D eigenvalue weighted by Gasteiger charge is 2.08. The fourth-order valence-corrected chi connectivity index (χ4v) is 1.36. The lowest BCUT2D eigenvalue weighted by atomic mass is 10.1. The summed E-state index contributed by atoms with van der Waals surface area (Å²) in [4.78, 5) is 22.3. The van der Waals surface area contributed by atoms with Crippen LogP contribution in [0.2, 0.25) is 0 Å². The number of carbonyl (C=O) groups is 1. The van der Waals surface area contributed by atoms with Crippen LogP contribution in [-0.2, 0) is 0 Å². The molecule has 70 valence electrons. The molecular weight excluding hydrogens is 180 g/mol. The van der Waals surface area contributed by atoms with Gasteiger partial charge in [0.15, 0.2) is 17.5 Å². The summed E-state index contributed by atoms with van der Waals surface area (Å²) in [6.07, 6.45) is 0.559. The Morgan fingerprint density at radius 3 is 2.71 bits per heavy atom. The lowest BCUT2D eigenvalue weighted by Crippen LogP contribution is -2.08. The highest BCUT2D eigenvalue weighted by atomic mass is 16.3. The average Bonchev–Trinajstić information content (AvgIpc) is 2.23. The minimum absolute atomic E-state index is 0.105. The molecular formula is C11H8O3. The van der Waals surface area contributed by atoms with Crippen LogP contribution in [0, 0.1) is 6.92 Å². The van der Waals surface area contributed by atoms with Crippen molar-refractivity contribution in [1.82, 2.24) is 0 Å². The third-order valence-corrected chi connectivity index (χ3v) is 2.17. The molecule has 3 nitrogen and oxygen atoms in total. The first-order valence-electron chi connectivity index (χ1n) is 4.21. The topological polar surface area (TPSA) is 47.3 Å². The zero-order chi connectivity index (χ0) is 10.1. The second-order valence-electron chi connectivity index (χ2n) is 3.03.